The van der Waals surface area contributed by atoms with Crippen LogP contribution in [-0.2, 0) is 16.1 Å². The molecule has 1 unspecified atom stereocenters. The van der Waals surface area contributed by atoms with Gasteiger partial charge in [0.25, 0.3) is 0 Å². The topological polar surface area (TPSA) is 61.4 Å². The van der Waals surface area contributed by atoms with Gasteiger partial charge in [0.15, 0.2) is 0 Å². The highest BCUT2D eigenvalue weighted by atomic mass is 16.2. The van der Waals surface area contributed by atoms with Gasteiger partial charge in [0.05, 0.1) is 12.6 Å². The molecule has 2 amide bonds. The number of rotatable bonds is 7. The van der Waals surface area contributed by atoms with E-state index in [1.165, 1.54) is 0 Å². The maximum atomic E-state index is 11.8. The number of nitrogens with zero attached hydrogens (tertiary/aromatic N) is 1. The van der Waals surface area contributed by atoms with Crippen molar-refractivity contribution < 1.29 is 9.59 Å². The van der Waals surface area contributed by atoms with E-state index in [-0.39, 0.29) is 24.4 Å². The van der Waals surface area contributed by atoms with Gasteiger partial charge in [0.2, 0.25) is 11.8 Å². The van der Waals surface area contributed by atoms with Crippen molar-refractivity contribution in [3.05, 3.63) is 35.9 Å². The number of hydrogen-bond donors (Lipinski definition) is 2. The normalized spacial score (nSPS) is 11.8. The van der Waals surface area contributed by atoms with Crippen molar-refractivity contribution in [3.63, 3.8) is 0 Å². The van der Waals surface area contributed by atoms with Crippen molar-refractivity contribution in [1.29, 1.82) is 0 Å². The van der Waals surface area contributed by atoms with Crippen molar-refractivity contribution in [2.24, 2.45) is 0 Å². The minimum Gasteiger partial charge on any atom is -0.351 e. The average molecular weight is 277 g/mol. The zero-order valence-corrected chi connectivity index (χ0v) is 12.3. The van der Waals surface area contributed by atoms with Gasteiger partial charge in [-0.3, -0.25) is 14.9 Å². The summed E-state index contributed by atoms with van der Waals surface area (Å²) in [7, 11) is 1.75. The Labute approximate surface area is 120 Å². The molecule has 2 N–H and O–H groups in total. The zero-order valence-electron chi connectivity index (χ0n) is 12.3. The SMILES string of the molecule is CCN(C)C(=O)C(C)NCC(=O)NCc1ccccc1. The molecule has 5 heteroatoms. The van der Waals surface area contributed by atoms with Crippen LogP contribution >= 0.6 is 0 Å². The summed E-state index contributed by atoms with van der Waals surface area (Å²) in [4.78, 5) is 25.1. The molecule has 0 aliphatic heterocycles. The summed E-state index contributed by atoms with van der Waals surface area (Å²) in [5.74, 6) is -0.129. The first kappa shape index (κ1) is 16.2. The maximum Gasteiger partial charge on any atom is 0.239 e. The molecule has 1 aromatic carbocycles. The quantitative estimate of drug-likeness (QED) is 0.773. The minimum atomic E-state index is -0.359. The third kappa shape index (κ3) is 5.40. The first-order valence-electron chi connectivity index (χ1n) is 6.83. The molecule has 1 atom stereocenters. The Kier molecular flexibility index (Phi) is 6.73. The van der Waals surface area contributed by atoms with Gasteiger partial charge in [0, 0.05) is 20.1 Å². The fourth-order valence-electron chi connectivity index (χ4n) is 1.68. The van der Waals surface area contributed by atoms with Crippen molar-refractivity contribution in [1.82, 2.24) is 15.5 Å². The molecule has 0 saturated carbocycles. The summed E-state index contributed by atoms with van der Waals surface area (Å²) in [5, 5.41) is 5.74. The van der Waals surface area contributed by atoms with Crippen LogP contribution in [0.15, 0.2) is 30.3 Å². The Bertz CT molecular complexity index is 434. The lowest BCUT2D eigenvalue weighted by Gasteiger charge is -2.20. The van der Waals surface area contributed by atoms with Crippen molar-refractivity contribution >= 4 is 11.8 Å². The zero-order chi connectivity index (χ0) is 15.0. The molecule has 0 bridgehead atoms. The van der Waals surface area contributed by atoms with E-state index in [0.29, 0.717) is 13.1 Å². The Morgan fingerprint density at radius 1 is 1.25 bits per heavy atom. The molecule has 0 aromatic heterocycles. The van der Waals surface area contributed by atoms with Gasteiger partial charge >= 0.3 is 0 Å². The first-order valence-corrected chi connectivity index (χ1v) is 6.83. The highest BCUT2D eigenvalue weighted by Crippen LogP contribution is 1.97. The van der Waals surface area contributed by atoms with Crippen LogP contribution in [0.3, 0.4) is 0 Å². The van der Waals surface area contributed by atoms with Crippen molar-refractivity contribution in [2.45, 2.75) is 26.4 Å². The summed E-state index contributed by atoms with van der Waals surface area (Å²) in [5.41, 5.74) is 1.05. The molecule has 1 rings (SSSR count). The molecule has 110 valence electrons. The highest BCUT2D eigenvalue weighted by molar-refractivity contribution is 5.83. The number of nitrogens with one attached hydrogen (secondary N) is 2. The summed E-state index contributed by atoms with van der Waals surface area (Å²) < 4.78 is 0. The summed E-state index contributed by atoms with van der Waals surface area (Å²) in [6.07, 6.45) is 0. The summed E-state index contributed by atoms with van der Waals surface area (Å²) in [6.45, 7) is 4.97. The van der Waals surface area contributed by atoms with E-state index in [1.54, 1.807) is 18.9 Å². The number of likely N-dealkylation sites (N-methyl/N-ethyl adjacent to an activating group) is 1. The molecule has 0 aliphatic carbocycles. The van der Waals surface area contributed by atoms with Gasteiger partial charge in [-0.1, -0.05) is 30.3 Å². The maximum absolute atomic E-state index is 11.8. The second-order valence-corrected chi connectivity index (χ2v) is 4.72. The standard InChI is InChI=1S/C15H23N3O2/c1-4-18(3)15(20)12(2)16-11-14(19)17-10-13-8-6-5-7-9-13/h5-9,12,16H,4,10-11H2,1-3H3,(H,17,19). The Morgan fingerprint density at radius 2 is 1.90 bits per heavy atom. The van der Waals surface area contributed by atoms with E-state index in [4.69, 9.17) is 0 Å². The highest BCUT2D eigenvalue weighted by Gasteiger charge is 2.16. The fraction of sp³-hybridized carbons (Fsp3) is 0.467. The van der Waals surface area contributed by atoms with E-state index >= 15 is 0 Å². The van der Waals surface area contributed by atoms with Crippen LogP contribution in [-0.4, -0.2) is 42.9 Å². The number of carbonyl (C=O) groups is 2. The molecular formula is C15H23N3O2. The van der Waals surface area contributed by atoms with E-state index in [1.807, 2.05) is 37.3 Å². The number of carbonyl (C=O) groups excluding carboxylic acids is 2. The van der Waals surface area contributed by atoms with Crippen LogP contribution in [0.25, 0.3) is 0 Å². The summed E-state index contributed by atoms with van der Waals surface area (Å²) in [6, 6.07) is 9.35. The van der Waals surface area contributed by atoms with Gasteiger partial charge in [0.1, 0.15) is 0 Å². The van der Waals surface area contributed by atoms with Crippen molar-refractivity contribution in [2.75, 3.05) is 20.1 Å². The Morgan fingerprint density at radius 3 is 2.50 bits per heavy atom. The third-order valence-electron chi connectivity index (χ3n) is 3.12. The predicted octanol–water partition coefficient (Wildman–Crippen LogP) is 0.759. The molecule has 0 saturated heterocycles. The first-order chi connectivity index (χ1) is 9.54. The van der Waals surface area contributed by atoms with Gasteiger partial charge in [-0.2, -0.15) is 0 Å². The Balaban J connectivity index is 2.28. The van der Waals surface area contributed by atoms with Crippen LogP contribution < -0.4 is 10.6 Å². The lowest BCUT2D eigenvalue weighted by Crippen LogP contribution is -2.46. The van der Waals surface area contributed by atoms with Crippen LogP contribution in [0.2, 0.25) is 0 Å². The van der Waals surface area contributed by atoms with Crippen LogP contribution in [0.4, 0.5) is 0 Å². The van der Waals surface area contributed by atoms with Gasteiger partial charge in [-0.25, -0.2) is 0 Å². The average Bonchev–Trinajstić information content (AvgIpc) is 2.49. The van der Waals surface area contributed by atoms with Gasteiger partial charge in [-0.05, 0) is 19.4 Å². The molecule has 20 heavy (non-hydrogen) atoms. The van der Waals surface area contributed by atoms with E-state index in [9.17, 15) is 9.59 Å². The molecule has 1 aromatic rings. The van der Waals surface area contributed by atoms with E-state index in [2.05, 4.69) is 10.6 Å². The smallest absolute Gasteiger partial charge is 0.239 e. The second kappa shape index (κ2) is 8.32. The monoisotopic (exact) mass is 277 g/mol. The second-order valence-electron chi connectivity index (χ2n) is 4.72. The lowest BCUT2D eigenvalue weighted by atomic mass is 10.2. The van der Waals surface area contributed by atoms with Crippen LogP contribution in [0.1, 0.15) is 19.4 Å². The van der Waals surface area contributed by atoms with E-state index < -0.39 is 0 Å². The van der Waals surface area contributed by atoms with E-state index in [0.717, 1.165) is 5.56 Å². The number of benzene rings is 1. The molecular weight excluding hydrogens is 254 g/mol. The number of amides is 2. The fourth-order valence-corrected chi connectivity index (χ4v) is 1.68. The van der Waals surface area contributed by atoms with Gasteiger partial charge < -0.3 is 10.2 Å². The minimum absolute atomic E-state index is 0.0108. The van der Waals surface area contributed by atoms with Crippen molar-refractivity contribution in [3.8, 4) is 0 Å². The largest absolute Gasteiger partial charge is 0.351 e. The van der Waals surface area contributed by atoms with Gasteiger partial charge in [-0.15, -0.1) is 0 Å². The molecule has 5 nitrogen and oxygen atoms in total. The molecule has 0 aliphatic rings. The molecule has 0 spiro atoms. The molecule has 0 radical (unpaired) electrons. The van der Waals surface area contributed by atoms with Crippen LogP contribution in [0.5, 0.6) is 0 Å². The molecule has 0 fully saturated rings. The van der Waals surface area contributed by atoms with Crippen LogP contribution in [0, 0.1) is 0 Å². The molecule has 0 heterocycles. The summed E-state index contributed by atoms with van der Waals surface area (Å²) >= 11 is 0. The third-order valence-corrected chi connectivity index (χ3v) is 3.12. The Hall–Kier alpha value is -1.88. The number of hydrogen-bond acceptors (Lipinski definition) is 3. The lowest BCUT2D eigenvalue weighted by molar-refractivity contribution is -0.131. The predicted molar refractivity (Wildman–Crippen MR) is 79.1 cm³/mol.